The molecular weight excluding hydrogens is 400 g/mol. The Morgan fingerprint density at radius 1 is 1.03 bits per heavy atom. The molecule has 0 aromatic carbocycles. The second-order valence-corrected chi connectivity index (χ2v) is 7.76. The van der Waals surface area contributed by atoms with Gasteiger partial charge in [-0.25, -0.2) is 9.59 Å². The van der Waals surface area contributed by atoms with Crippen molar-refractivity contribution >= 4 is 29.8 Å². The summed E-state index contributed by atoms with van der Waals surface area (Å²) in [5.41, 5.74) is -0.999. The minimum Gasteiger partial charge on any atom is -0.425 e. The number of carbonyl (C=O) groups excluding carboxylic acids is 5. The second-order valence-electron chi connectivity index (χ2n) is 7.76. The zero-order chi connectivity index (χ0) is 21.9. The standard InChI is InChI=1S/C19H24N2O9/c1-19(17(26)29-20-13(22)5-6-14(20)23)10-3-2-4-12(9-11-19)28-18(27)30-21-15(24)7-8-16(21)25/h2,4,12,15,24H,3,5-11H2,1H3/b4-2+/t12?,15?,19-/m1/s1. The average molecular weight is 424 g/mol. The molecule has 2 aliphatic heterocycles. The van der Waals surface area contributed by atoms with Crippen molar-refractivity contribution in [2.75, 3.05) is 0 Å². The van der Waals surface area contributed by atoms with Crippen molar-refractivity contribution < 1.29 is 43.5 Å². The van der Waals surface area contributed by atoms with Gasteiger partial charge in [0.2, 0.25) is 0 Å². The number of carbonyl (C=O) groups is 5. The lowest BCUT2D eigenvalue weighted by molar-refractivity contribution is -0.206. The number of hydrogen-bond acceptors (Lipinski definition) is 9. The molecule has 0 saturated carbocycles. The summed E-state index contributed by atoms with van der Waals surface area (Å²) in [6.45, 7) is 1.66. The van der Waals surface area contributed by atoms with Gasteiger partial charge in [-0.05, 0) is 38.7 Å². The molecule has 3 rings (SSSR count). The molecule has 2 fully saturated rings. The number of ether oxygens (including phenoxy) is 1. The van der Waals surface area contributed by atoms with Crippen LogP contribution < -0.4 is 0 Å². The molecule has 2 unspecified atom stereocenters. The highest BCUT2D eigenvalue weighted by atomic mass is 16.8. The maximum atomic E-state index is 12.7. The highest BCUT2D eigenvalue weighted by Gasteiger charge is 2.41. The van der Waals surface area contributed by atoms with Crippen molar-refractivity contribution in [1.82, 2.24) is 10.1 Å². The summed E-state index contributed by atoms with van der Waals surface area (Å²) in [6.07, 6.45) is 1.99. The summed E-state index contributed by atoms with van der Waals surface area (Å²) in [5, 5.41) is 10.7. The fourth-order valence-electron chi connectivity index (χ4n) is 3.47. The molecular formula is C19H24N2O9. The van der Waals surface area contributed by atoms with Crippen LogP contribution in [0.15, 0.2) is 12.2 Å². The van der Waals surface area contributed by atoms with Gasteiger partial charge in [-0.3, -0.25) is 14.4 Å². The minimum absolute atomic E-state index is 0.0117. The van der Waals surface area contributed by atoms with Crippen LogP contribution in [0.25, 0.3) is 0 Å². The molecule has 0 bridgehead atoms. The van der Waals surface area contributed by atoms with E-state index in [2.05, 4.69) is 0 Å². The molecule has 164 valence electrons. The summed E-state index contributed by atoms with van der Waals surface area (Å²) < 4.78 is 5.20. The van der Waals surface area contributed by atoms with Gasteiger partial charge < -0.3 is 19.5 Å². The first kappa shape index (κ1) is 21.8. The van der Waals surface area contributed by atoms with Crippen LogP contribution >= 0.6 is 0 Å². The predicted molar refractivity (Wildman–Crippen MR) is 96.3 cm³/mol. The monoisotopic (exact) mass is 424 g/mol. The normalized spacial score (nSPS) is 30.7. The van der Waals surface area contributed by atoms with E-state index in [-0.39, 0.29) is 38.5 Å². The maximum Gasteiger partial charge on any atom is 0.534 e. The molecule has 3 aliphatic rings. The Morgan fingerprint density at radius 3 is 2.37 bits per heavy atom. The Labute approximate surface area is 172 Å². The molecule has 0 aromatic heterocycles. The Hall–Kier alpha value is -2.95. The first-order valence-corrected chi connectivity index (χ1v) is 9.83. The zero-order valence-corrected chi connectivity index (χ0v) is 16.6. The van der Waals surface area contributed by atoms with Crippen molar-refractivity contribution in [2.24, 2.45) is 5.41 Å². The highest BCUT2D eigenvalue weighted by Crippen LogP contribution is 2.35. The number of aliphatic hydroxyl groups is 1. The van der Waals surface area contributed by atoms with E-state index in [1.807, 2.05) is 0 Å². The number of rotatable bonds is 4. The van der Waals surface area contributed by atoms with Gasteiger partial charge in [0.05, 0.1) is 5.41 Å². The van der Waals surface area contributed by atoms with E-state index >= 15 is 0 Å². The molecule has 0 radical (unpaired) electrons. The van der Waals surface area contributed by atoms with Gasteiger partial charge in [0, 0.05) is 25.7 Å². The van der Waals surface area contributed by atoms with E-state index in [0.29, 0.717) is 23.0 Å². The number of amides is 3. The SMILES string of the molecule is C[C@@]1(C(=O)ON2C(=O)CCC2=O)CC/C=C/C(OC(=O)ON2C(=O)CCC2O)CC1. The molecule has 0 spiro atoms. The van der Waals surface area contributed by atoms with Gasteiger partial charge in [0.25, 0.3) is 17.7 Å². The van der Waals surface area contributed by atoms with Crippen LogP contribution in [0, 0.1) is 5.41 Å². The first-order chi connectivity index (χ1) is 14.2. The number of imide groups is 1. The molecule has 3 amide bonds. The van der Waals surface area contributed by atoms with Gasteiger partial charge >= 0.3 is 12.1 Å². The van der Waals surface area contributed by atoms with Crippen LogP contribution in [0.3, 0.4) is 0 Å². The lowest BCUT2D eigenvalue weighted by Crippen LogP contribution is -2.40. The van der Waals surface area contributed by atoms with Gasteiger partial charge in [0.15, 0.2) is 6.23 Å². The van der Waals surface area contributed by atoms with Crippen molar-refractivity contribution in [3.63, 3.8) is 0 Å². The summed E-state index contributed by atoms with van der Waals surface area (Å²) in [7, 11) is 0. The Kier molecular flexibility index (Phi) is 6.40. The molecule has 3 atom stereocenters. The molecule has 30 heavy (non-hydrogen) atoms. The molecule has 1 N–H and O–H groups in total. The molecule has 0 aromatic rings. The third-order valence-corrected chi connectivity index (χ3v) is 5.42. The zero-order valence-electron chi connectivity index (χ0n) is 16.6. The van der Waals surface area contributed by atoms with Crippen molar-refractivity contribution in [3.05, 3.63) is 12.2 Å². The molecule has 2 saturated heterocycles. The maximum absolute atomic E-state index is 12.7. The quantitative estimate of drug-likeness (QED) is 0.399. The lowest BCUT2D eigenvalue weighted by Gasteiger charge is -2.30. The Balaban J connectivity index is 1.56. The largest absolute Gasteiger partial charge is 0.534 e. The fourth-order valence-corrected chi connectivity index (χ4v) is 3.47. The Morgan fingerprint density at radius 2 is 1.73 bits per heavy atom. The van der Waals surface area contributed by atoms with E-state index in [1.54, 1.807) is 19.1 Å². The number of aliphatic hydroxyl groups excluding tert-OH is 1. The Bertz CT molecular complexity index is 764. The fraction of sp³-hybridized carbons (Fsp3) is 0.632. The smallest absolute Gasteiger partial charge is 0.425 e. The molecule has 11 heteroatoms. The van der Waals surface area contributed by atoms with Crippen LogP contribution in [0.4, 0.5) is 4.79 Å². The summed E-state index contributed by atoms with van der Waals surface area (Å²) >= 11 is 0. The van der Waals surface area contributed by atoms with Gasteiger partial charge in [-0.1, -0.05) is 6.08 Å². The van der Waals surface area contributed by atoms with Crippen molar-refractivity contribution in [3.8, 4) is 0 Å². The number of nitrogens with zero attached hydrogens (tertiary/aromatic N) is 2. The lowest BCUT2D eigenvalue weighted by atomic mass is 9.79. The number of allylic oxidation sites excluding steroid dienone is 1. The second kappa shape index (κ2) is 8.82. The summed E-state index contributed by atoms with van der Waals surface area (Å²) in [4.78, 5) is 69.5. The molecule has 2 heterocycles. The highest BCUT2D eigenvalue weighted by molar-refractivity contribution is 6.01. The van der Waals surface area contributed by atoms with Crippen LogP contribution in [0.1, 0.15) is 58.3 Å². The van der Waals surface area contributed by atoms with Crippen LogP contribution in [-0.4, -0.2) is 57.4 Å². The van der Waals surface area contributed by atoms with E-state index in [4.69, 9.17) is 14.4 Å². The van der Waals surface area contributed by atoms with Crippen molar-refractivity contribution in [1.29, 1.82) is 0 Å². The summed E-state index contributed by atoms with van der Waals surface area (Å²) in [5.74, 6) is -2.32. The number of hydroxylamine groups is 4. The van der Waals surface area contributed by atoms with Crippen LogP contribution in [0.2, 0.25) is 0 Å². The van der Waals surface area contributed by atoms with E-state index < -0.39 is 47.6 Å². The molecule has 11 nitrogen and oxygen atoms in total. The molecule has 1 aliphatic carbocycles. The minimum atomic E-state index is -1.20. The van der Waals surface area contributed by atoms with E-state index in [0.717, 1.165) is 0 Å². The van der Waals surface area contributed by atoms with Gasteiger partial charge in [0.1, 0.15) is 6.10 Å². The third kappa shape index (κ3) is 4.78. The van der Waals surface area contributed by atoms with Crippen LogP contribution in [-0.2, 0) is 33.6 Å². The first-order valence-electron chi connectivity index (χ1n) is 9.83. The average Bonchev–Trinajstić information content (AvgIpc) is 3.17. The van der Waals surface area contributed by atoms with Crippen LogP contribution in [0.5, 0.6) is 0 Å². The van der Waals surface area contributed by atoms with E-state index in [9.17, 15) is 29.1 Å². The summed E-state index contributed by atoms with van der Waals surface area (Å²) in [6, 6.07) is 0. The van der Waals surface area contributed by atoms with Crippen molar-refractivity contribution in [2.45, 2.75) is 70.6 Å². The third-order valence-electron chi connectivity index (χ3n) is 5.42. The van der Waals surface area contributed by atoms with Gasteiger partial charge in [-0.15, -0.1) is 10.1 Å². The van der Waals surface area contributed by atoms with E-state index in [1.165, 1.54) is 0 Å². The van der Waals surface area contributed by atoms with Gasteiger partial charge in [-0.2, -0.15) is 0 Å². The topological polar surface area (TPSA) is 140 Å². The predicted octanol–water partition coefficient (Wildman–Crippen LogP) is 1.11. The number of hydrogen-bond donors (Lipinski definition) is 1.